The van der Waals surface area contributed by atoms with Crippen molar-refractivity contribution < 1.29 is 18.0 Å². The molecular formula is C20H22BrN3O4S. The van der Waals surface area contributed by atoms with Crippen molar-refractivity contribution in [2.75, 3.05) is 18.4 Å². The maximum atomic E-state index is 12.7. The number of hydrogen-bond acceptors (Lipinski definition) is 4. The highest BCUT2D eigenvalue weighted by atomic mass is 79.9. The first-order chi connectivity index (χ1) is 13.9. The first-order valence-electron chi connectivity index (χ1n) is 9.31. The lowest BCUT2D eigenvalue weighted by atomic mass is 10.2. The average Bonchev–Trinajstić information content (AvgIpc) is 2.74. The van der Waals surface area contributed by atoms with Gasteiger partial charge in [-0.25, -0.2) is 8.42 Å². The number of para-hydroxylation sites is 1. The molecule has 2 amide bonds. The molecule has 1 aliphatic heterocycles. The van der Waals surface area contributed by atoms with Crippen molar-refractivity contribution in [1.82, 2.24) is 9.62 Å². The predicted octanol–water partition coefficient (Wildman–Crippen LogP) is 2.88. The fraction of sp³-hybridized carbons (Fsp3) is 0.300. The molecule has 0 atom stereocenters. The van der Waals surface area contributed by atoms with Crippen LogP contribution in [0.1, 0.15) is 24.8 Å². The van der Waals surface area contributed by atoms with Crippen LogP contribution in [-0.4, -0.2) is 37.6 Å². The SMILES string of the molecule is O=C(NCc1ccc(S(=O)(=O)N2CCCCC2)cc1)C(=O)Nc1ccccc1Br. The quantitative estimate of drug-likeness (QED) is 0.644. The summed E-state index contributed by atoms with van der Waals surface area (Å²) in [5.74, 6) is -1.55. The van der Waals surface area contributed by atoms with Crippen LogP contribution in [0.2, 0.25) is 0 Å². The van der Waals surface area contributed by atoms with E-state index in [1.54, 1.807) is 36.4 Å². The molecule has 0 radical (unpaired) electrons. The number of rotatable bonds is 5. The van der Waals surface area contributed by atoms with Crippen molar-refractivity contribution in [3.63, 3.8) is 0 Å². The van der Waals surface area contributed by atoms with Crippen LogP contribution in [0.5, 0.6) is 0 Å². The molecule has 0 unspecified atom stereocenters. The summed E-state index contributed by atoms with van der Waals surface area (Å²) in [6, 6.07) is 13.3. The van der Waals surface area contributed by atoms with Crippen LogP contribution in [-0.2, 0) is 26.2 Å². The molecule has 0 aromatic heterocycles. The zero-order chi connectivity index (χ0) is 20.9. The van der Waals surface area contributed by atoms with Gasteiger partial charge in [0.1, 0.15) is 0 Å². The molecular weight excluding hydrogens is 458 g/mol. The maximum Gasteiger partial charge on any atom is 0.313 e. The van der Waals surface area contributed by atoms with E-state index in [1.165, 1.54) is 16.4 Å². The molecule has 7 nitrogen and oxygen atoms in total. The zero-order valence-electron chi connectivity index (χ0n) is 15.7. The molecule has 0 aliphatic carbocycles. The van der Waals surface area contributed by atoms with Gasteiger partial charge in [-0.15, -0.1) is 0 Å². The van der Waals surface area contributed by atoms with Crippen LogP contribution in [0.15, 0.2) is 57.9 Å². The topological polar surface area (TPSA) is 95.6 Å². The van der Waals surface area contributed by atoms with Gasteiger partial charge in [-0.3, -0.25) is 9.59 Å². The van der Waals surface area contributed by atoms with Crippen LogP contribution < -0.4 is 10.6 Å². The Morgan fingerprint density at radius 2 is 1.59 bits per heavy atom. The molecule has 0 spiro atoms. The molecule has 154 valence electrons. The number of sulfonamides is 1. The van der Waals surface area contributed by atoms with Crippen LogP contribution in [0, 0.1) is 0 Å². The molecule has 29 heavy (non-hydrogen) atoms. The second-order valence-electron chi connectivity index (χ2n) is 6.73. The molecule has 1 heterocycles. The summed E-state index contributed by atoms with van der Waals surface area (Å²) in [5.41, 5.74) is 1.20. The van der Waals surface area contributed by atoms with Gasteiger partial charge in [-0.2, -0.15) is 4.31 Å². The molecule has 0 bridgehead atoms. The summed E-state index contributed by atoms with van der Waals surface area (Å²) < 4.78 is 27.5. The molecule has 9 heteroatoms. The van der Waals surface area contributed by atoms with E-state index in [4.69, 9.17) is 0 Å². The van der Waals surface area contributed by atoms with Gasteiger partial charge < -0.3 is 10.6 Å². The standard InChI is InChI=1S/C20H22BrN3O4S/c21-17-6-2-3-7-18(17)23-20(26)19(25)22-14-15-8-10-16(11-9-15)29(27,28)24-12-4-1-5-13-24/h2-3,6-11H,1,4-5,12-14H2,(H,22,25)(H,23,26). The number of carbonyl (C=O) groups is 2. The minimum Gasteiger partial charge on any atom is -0.344 e. The van der Waals surface area contributed by atoms with Crippen molar-refractivity contribution in [3.8, 4) is 0 Å². The number of benzene rings is 2. The summed E-state index contributed by atoms with van der Waals surface area (Å²) in [7, 11) is -3.48. The number of piperidine rings is 1. The Labute approximate surface area is 178 Å². The number of nitrogens with zero attached hydrogens (tertiary/aromatic N) is 1. The number of carbonyl (C=O) groups excluding carboxylic acids is 2. The number of hydrogen-bond donors (Lipinski definition) is 2. The highest BCUT2D eigenvalue weighted by Gasteiger charge is 2.25. The minimum atomic E-state index is -3.48. The van der Waals surface area contributed by atoms with Crippen LogP contribution in [0.3, 0.4) is 0 Å². The smallest absolute Gasteiger partial charge is 0.313 e. The van der Waals surface area contributed by atoms with Crippen molar-refractivity contribution in [1.29, 1.82) is 0 Å². The van der Waals surface area contributed by atoms with E-state index in [-0.39, 0.29) is 11.4 Å². The molecule has 2 aromatic rings. The zero-order valence-corrected chi connectivity index (χ0v) is 18.1. The second kappa shape index (κ2) is 9.51. The number of anilines is 1. The van der Waals surface area contributed by atoms with Crippen LogP contribution in [0.4, 0.5) is 5.69 Å². The third kappa shape index (κ3) is 5.43. The summed E-state index contributed by atoms with van der Waals surface area (Å²) in [5, 5.41) is 5.06. The largest absolute Gasteiger partial charge is 0.344 e. The van der Waals surface area contributed by atoms with Crippen LogP contribution in [0.25, 0.3) is 0 Å². The first kappa shape index (κ1) is 21.5. The van der Waals surface area contributed by atoms with Crippen molar-refractivity contribution in [3.05, 3.63) is 58.6 Å². The van der Waals surface area contributed by atoms with E-state index < -0.39 is 21.8 Å². The Balaban J connectivity index is 1.56. The van der Waals surface area contributed by atoms with Crippen LogP contribution >= 0.6 is 15.9 Å². The summed E-state index contributed by atoms with van der Waals surface area (Å²) in [4.78, 5) is 24.3. The van der Waals surface area contributed by atoms with Gasteiger partial charge in [-0.05, 0) is 58.6 Å². The Morgan fingerprint density at radius 3 is 2.24 bits per heavy atom. The molecule has 1 saturated heterocycles. The normalized spacial score (nSPS) is 14.9. The Bertz CT molecular complexity index is 987. The lowest BCUT2D eigenvalue weighted by Crippen LogP contribution is -2.35. The summed E-state index contributed by atoms with van der Waals surface area (Å²) in [6.45, 7) is 1.21. The fourth-order valence-corrected chi connectivity index (χ4v) is 4.94. The van der Waals surface area contributed by atoms with Gasteiger partial charge in [-0.1, -0.05) is 30.7 Å². The predicted molar refractivity (Wildman–Crippen MR) is 114 cm³/mol. The van der Waals surface area contributed by atoms with Crippen molar-refractivity contribution in [2.24, 2.45) is 0 Å². The first-order valence-corrected chi connectivity index (χ1v) is 11.5. The molecule has 2 aromatic carbocycles. The van der Waals surface area contributed by atoms with E-state index >= 15 is 0 Å². The molecule has 1 fully saturated rings. The second-order valence-corrected chi connectivity index (χ2v) is 9.52. The molecule has 1 aliphatic rings. The number of nitrogens with one attached hydrogen (secondary N) is 2. The van der Waals surface area contributed by atoms with Gasteiger partial charge in [0, 0.05) is 24.1 Å². The third-order valence-electron chi connectivity index (χ3n) is 4.66. The maximum absolute atomic E-state index is 12.7. The van der Waals surface area contributed by atoms with E-state index in [0.29, 0.717) is 28.8 Å². The van der Waals surface area contributed by atoms with Crippen molar-refractivity contribution >= 4 is 43.5 Å². The lowest BCUT2D eigenvalue weighted by Gasteiger charge is -2.25. The van der Waals surface area contributed by atoms with E-state index in [1.807, 2.05) is 0 Å². The Hall–Kier alpha value is -2.23. The van der Waals surface area contributed by atoms with Gasteiger partial charge in [0.25, 0.3) is 0 Å². The van der Waals surface area contributed by atoms with Gasteiger partial charge >= 0.3 is 11.8 Å². The number of halogens is 1. The van der Waals surface area contributed by atoms with E-state index in [9.17, 15) is 18.0 Å². The summed E-state index contributed by atoms with van der Waals surface area (Å²) in [6.07, 6.45) is 2.81. The Morgan fingerprint density at radius 1 is 0.931 bits per heavy atom. The summed E-state index contributed by atoms with van der Waals surface area (Å²) >= 11 is 3.30. The van der Waals surface area contributed by atoms with Crippen molar-refractivity contribution in [2.45, 2.75) is 30.7 Å². The minimum absolute atomic E-state index is 0.117. The fourth-order valence-electron chi connectivity index (χ4n) is 3.04. The lowest BCUT2D eigenvalue weighted by molar-refractivity contribution is -0.136. The average molecular weight is 480 g/mol. The molecule has 2 N–H and O–H groups in total. The monoisotopic (exact) mass is 479 g/mol. The third-order valence-corrected chi connectivity index (χ3v) is 7.26. The Kier molecular flexibility index (Phi) is 7.05. The highest BCUT2D eigenvalue weighted by Crippen LogP contribution is 2.22. The highest BCUT2D eigenvalue weighted by molar-refractivity contribution is 9.10. The van der Waals surface area contributed by atoms with E-state index in [0.717, 1.165) is 19.3 Å². The number of amides is 2. The van der Waals surface area contributed by atoms with Gasteiger partial charge in [0.05, 0.1) is 10.6 Å². The van der Waals surface area contributed by atoms with E-state index in [2.05, 4.69) is 26.6 Å². The molecule has 0 saturated carbocycles. The van der Waals surface area contributed by atoms with Gasteiger partial charge in [0.2, 0.25) is 10.0 Å². The van der Waals surface area contributed by atoms with Gasteiger partial charge in [0.15, 0.2) is 0 Å². The molecule has 3 rings (SSSR count).